The standard InChI is InChI=1S/C30H30N2O3S/c1-20-10-13-25(14-11-20)29(24-8-6-5-7-9-24)31-30(33)26-15-12-23(4)28(19-26)36(34,35)32-27-17-21(2)16-22(3)18-27/h5-19,29,32H,1-4H3,(H,31,33)/t29-/m1/s1. The minimum Gasteiger partial charge on any atom is -0.341 e. The van der Waals surface area contributed by atoms with Gasteiger partial charge in [0.15, 0.2) is 0 Å². The van der Waals surface area contributed by atoms with E-state index in [4.69, 9.17) is 0 Å². The van der Waals surface area contributed by atoms with Crippen molar-refractivity contribution in [2.45, 2.75) is 38.6 Å². The van der Waals surface area contributed by atoms with Crippen LogP contribution < -0.4 is 10.0 Å². The van der Waals surface area contributed by atoms with Gasteiger partial charge in [0.2, 0.25) is 0 Å². The van der Waals surface area contributed by atoms with Crippen LogP contribution in [0.5, 0.6) is 0 Å². The molecule has 1 atom stereocenters. The molecule has 4 aromatic rings. The Balaban J connectivity index is 1.65. The van der Waals surface area contributed by atoms with Crippen LogP contribution in [0.2, 0.25) is 0 Å². The van der Waals surface area contributed by atoms with Gasteiger partial charge in [0.1, 0.15) is 0 Å². The zero-order valence-corrected chi connectivity index (χ0v) is 21.7. The molecule has 0 unspecified atom stereocenters. The van der Waals surface area contributed by atoms with Crippen molar-refractivity contribution in [2.75, 3.05) is 4.72 Å². The SMILES string of the molecule is Cc1ccc([C@H](NC(=O)c2ccc(C)c(S(=O)(=O)Nc3cc(C)cc(C)c3)c2)c2ccccc2)cc1. The molecule has 0 bridgehead atoms. The van der Waals surface area contributed by atoms with Gasteiger partial charge in [-0.3, -0.25) is 9.52 Å². The molecule has 0 saturated carbocycles. The van der Waals surface area contributed by atoms with Crippen LogP contribution in [0.4, 0.5) is 5.69 Å². The van der Waals surface area contributed by atoms with E-state index in [1.807, 2.05) is 81.4 Å². The largest absolute Gasteiger partial charge is 0.341 e. The lowest BCUT2D eigenvalue weighted by Gasteiger charge is -2.21. The maximum atomic E-state index is 13.4. The number of hydrogen-bond acceptors (Lipinski definition) is 3. The van der Waals surface area contributed by atoms with E-state index >= 15 is 0 Å². The average Bonchev–Trinajstić information content (AvgIpc) is 2.83. The number of amides is 1. The van der Waals surface area contributed by atoms with Crippen LogP contribution in [0.25, 0.3) is 0 Å². The Hall–Kier alpha value is -3.90. The number of sulfonamides is 1. The fraction of sp³-hybridized carbons (Fsp3) is 0.167. The van der Waals surface area contributed by atoms with Crippen molar-refractivity contribution < 1.29 is 13.2 Å². The number of anilines is 1. The second-order valence-corrected chi connectivity index (χ2v) is 10.8. The molecule has 0 aliphatic rings. The highest BCUT2D eigenvalue weighted by atomic mass is 32.2. The number of benzene rings is 4. The second-order valence-electron chi connectivity index (χ2n) is 9.19. The van der Waals surface area contributed by atoms with Crippen LogP contribution in [-0.2, 0) is 10.0 Å². The molecule has 4 rings (SSSR count). The van der Waals surface area contributed by atoms with Gasteiger partial charge >= 0.3 is 0 Å². The van der Waals surface area contributed by atoms with Gasteiger partial charge in [0.25, 0.3) is 15.9 Å². The molecule has 0 spiro atoms. The summed E-state index contributed by atoms with van der Waals surface area (Å²) in [7, 11) is -3.90. The van der Waals surface area contributed by atoms with Crippen LogP contribution in [0.15, 0.2) is 95.9 Å². The summed E-state index contributed by atoms with van der Waals surface area (Å²) in [4.78, 5) is 13.5. The van der Waals surface area contributed by atoms with Crippen LogP contribution in [0, 0.1) is 27.7 Å². The van der Waals surface area contributed by atoms with E-state index in [9.17, 15) is 13.2 Å². The number of rotatable bonds is 7. The van der Waals surface area contributed by atoms with Crippen molar-refractivity contribution in [2.24, 2.45) is 0 Å². The number of nitrogens with one attached hydrogen (secondary N) is 2. The smallest absolute Gasteiger partial charge is 0.262 e. The van der Waals surface area contributed by atoms with E-state index in [0.717, 1.165) is 27.8 Å². The summed E-state index contributed by atoms with van der Waals surface area (Å²) >= 11 is 0. The van der Waals surface area contributed by atoms with Gasteiger partial charge in [-0.15, -0.1) is 0 Å². The molecule has 0 heterocycles. The molecule has 0 fully saturated rings. The molecule has 0 saturated heterocycles. The van der Waals surface area contributed by atoms with Crippen LogP contribution in [-0.4, -0.2) is 14.3 Å². The van der Waals surface area contributed by atoms with Crippen molar-refractivity contribution in [3.63, 3.8) is 0 Å². The quantitative estimate of drug-likeness (QED) is 0.317. The molecule has 1 amide bonds. The molecular formula is C30H30N2O3S. The first kappa shape index (κ1) is 25.2. The summed E-state index contributed by atoms with van der Waals surface area (Å²) in [5, 5.41) is 3.09. The summed E-state index contributed by atoms with van der Waals surface area (Å²) in [5.74, 6) is -0.354. The van der Waals surface area contributed by atoms with Crippen LogP contribution in [0.3, 0.4) is 0 Å². The minimum absolute atomic E-state index is 0.0703. The molecule has 0 aliphatic heterocycles. The van der Waals surface area contributed by atoms with Gasteiger partial charge in [-0.2, -0.15) is 0 Å². The third kappa shape index (κ3) is 5.83. The minimum atomic E-state index is -3.90. The molecule has 36 heavy (non-hydrogen) atoms. The fourth-order valence-electron chi connectivity index (χ4n) is 4.25. The number of aryl methyl sites for hydroxylation is 4. The highest BCUT2D eigenvalue weighted by molar-refractivity contribution is 7.92. The Morgan fingerprint density at radius 2 is 1.31 bits per heavy atom. The number of hydrogen-bond donors (Lipinski definition) is 2. The molecule has 6 heteroatoms. The second kappa shape index (κ2) is 10.4. The Morgan fingerprint density at radius 1 is 0.694 bits per heavy atom. The van der Waals surface area contributed by atoms with Gasteiger partial charge < -0.3 is 5.32 Å². The lowest BCUT2D eigenvalue weighted by Crippen LogP contribution is -2.29. The molecule has 0 radical (unpaired) electrons. The third-order valence-corrected chi connectivity index (χ3v) is 7.56. The van der Waals surface area contributed by atoms with E-state index < -0.39 is 10.0 Å². The van der Waals surface area contributed by atoms with Crippen molar-refractivity contribution in [1.29, 1.82) is 0 Å². The van der Waals surface area contributed by atoms with Gasteiger partial charge in [0, 0.05) is 11.3 Å². The molecule has 0 aliphatic carbocycles. The van der Waals surface area contributed by atoms with E-state index in [2.05, 4.69) is 10.0 Å². The Morgan fingerprint density at radius 3 is 1.94 bits per heavy atom. The van der Waals surface area contributed by atoms with E-state index in [0.29, 0.717) is 11.3 Å². The summed E-state index contributed by atoms with van der Waals surface area (Å²) in [5.41, 5.74) is 6.24. The van der Waals surface area contributed by atoms with Gasteiger partial charge in [-0.1, -0.05) is 72.3 Å². The van der Waals surface area contributed by atoms with E-state index in [1.165, 1.54) is 6.07 Å². The molecule has 184 valence electrons. The Labute approximate surface area is 213 Å². The Kier molecular flexibility index (Phi) is 7.27. The highest BCUT2D eigenvalue weighted by Crippen LogP contribution is 2.25. The van der Waals surface area contributed by atoms with Crippen LogP contribution in [0.1, 0.15) is 49.8 Å². The van der Waals surface area contributed by atoms with Crippen molar-refractivity contribution in [1.82, 2.24) is 5.32 Å². The predicted octanol–water partition coefficient (Wildman–Crippen LogP) is 6.24. The topological polar surface area (TPSA) is 75.3 Å². The van der Waals surface area contributed by atoms with Crippen molar-refractivity contribution >= 4 is 21.6 Å². The number of carbonyl (C=O) groups is 1. The van der Waals surface area contributed by atoms with Crippen molar-refractivity contribution in [3.8, 4) is 0 Å². The first-order chi connectivity index (χ1) is 17.1. The normalized spacial score (nSPS) is 12.1. The number of carbonyl (C=O) groups excluding carboxylic acids is 1. The van der Waals surface area contributed by atoms with E-state index in [-0.39, 0.29) is 22.4 Å². The Bertz CT molecular complexity index is 1480. The van der Waals surface area contributed by atoms with Crippen molar-refractivity contribution in [3.05, 3.63) is 130 Å². The molecular weight excluding hydrogens is 468 g/mol. The lowest BCUT2D eigenvalue weighted by atomic mass is 9.97. The summed E-state index contributed by atoms with van der Waals surface area (Å²) in [6.07, 6.45) is 0. The highest BCUT2D eigenvalue weighted by Gasteiger charge is 2.22. The summed E-state index contributed by atoms with van der Waals surface area (Å²) in [6.45, 7) is 7.56. The summed E-state index contributed by atoms with van der Waals surface area (Å²) < 4.78 is 29.2. The molecule has 4 aromatic carbocycles. The maximum Gasteiger partial charge on any atom is 0.262 e. The van der Waals surface area contributed by atoms with Crippen LogP contribution >= 0.6 is 0 Å². The first-order valence-corrected chi connectivity index (χ1v) is 13.2. The monoisotopic (exact) mass is 498 g/mol. The average molecular weight is 499 g/mol. The van der Waals surface area contributed by atoms with Gasteiger partial charge in [-0.25, -0.2) is 8.42 Å². The first-order valence-electron chi connectivity index (χ1n) is 11.8. The maximum absolute atomic E-state index is 13.4. The molecule has 2 N–H and O–H groups in total. The fourth-order valence-corrected chi connectivity index (χ4v) is 5.56. The van der Waals surface area contributed by atoms with Gasteiger partial charge in [-0.05, 0) is 79.8 Å². The zero-order chi connectivity index (χ0) is 25.9. The summed E-state index contributed by atoms with van der Waals surface area (Å²) in [6, 6.07) is 27.6. The predicted molar refractivity (Wildman–Crippen MR) is 145 cm³/mol. The van der Waals surface area contributed by atoms with Gasteiger partial charge in [0.05, 0.1) is 10.9 Å². The zero-order valence-electron chi connectivity index (χ0n) is 20.9. The van der Waals surface area contributed by atoms with E-state index in [1.54, 1.807) is 31.2 Å². The molecule has 0 aromatic heterocycles. The third-order valence-electron chi connectivity index (χ3n) is 6.03. The molecule has 5 nitrogen and oxygen atoms in total. The lowest BCUT2D eigenvalue weighted by molar-refractivity contribution is 0.0942.